The quantitative estimate of drug-likeness (QED) is 0.268. The van der Waals surface area contributed by atoms with E-state index in [0.29, 0.717) is 22.4 Å². The normalized spacial score (nSPS) is 20.4. The maximum atomic E-state index is 13.8. The molecule has 4 atom stereocenters. The van der Waals surface area contributed by atoms with E-state index >= 15 is 0 Å². The smallest absolute Gasteiger partial charge is 0.392 e. The second kappa shape index (κ2) is 11.1. The van der Waals surface area contributed by atoms with Crippen LogP contribution in [-0.4, -0.2) is 37.3 Å². The van der Waals surface area contributed by atoms with Crippen molar-refractivity contribution in [3.8, 4) is 0 Å². The molecule has 1 unspecified atom stereocenters. The minimum absolute atomic E-state index is 0.195. The summed E-state index contributed by atoms with van der Waals surface area (Å²) in [6.07, 6.45) is -5.08. The van der Waals surface area contributed by atoms with Crippen LogP contribution in [0.1, 0.15) is 90.2 Å². The highest BCUT2D eigenvalue weighted by atomic mass is 32.2. The number of hydrogen-bond donors (Lipinski definition) is 3. The Morgan fingerprint density at radius 1 is 1.22 bits per heavy atom. The third-order valence-corrected chi connectivity index (χ3v) is 8.35. The molecule has 1 aliphatic rings. The topological polar surface area (TPSA) is 92.9 Å². The van der Waals surface area contributed by atoms with Gasteiger partial charge in [-0.05, 0) is 64.2 Å². The van der Waals surface area contributed by atoms with Gasteiger partial charge in [0.05, 0.1) is 23.0 Å². The Hall–Kier alpha value is -1.92. The van der Waals surface area contributed by atoms with Gasteiger partial charge in [-0.1, -0.05) is 13.0 Å². The molecule has 6 nitrogen and oxygen atoms in total. The van der Waals surface area contributed by atoms with E-state index in [-0.39, 0.29) is 31.6 Å². The summed E-state index contributed by atoms with van der Waals surface area (Å²) in [5, 5.41) is 2.60. The van der Waals surface area contributed by atoms with Crippen molar-refractivity contribution in [2.75, 3.05) is 0 Å². The minimum Gasteiger partial charge on any atom is -0.598 e. The number of nitrogens with one attached hydrogen (secondary N) is 3. The molecule has 12 heteroatoms. The summed E-state index contributed by atoms with van der Waals surface area (Å²) in [5.74, 6) is -4.87. The van der Waals surface area contributed by atoms with Gasteiger partial charge in [-0.2, -0.15) is 13.2 Å². The second-order valence-electron chi connectivity index (χ2n) is 11.0. The molecule has 37 heavy (non-hydrogen) atoms. The first-order valence-electron chi connectivity index (χ1n) is 12.4. The Bertz CT molecular complexity index is 1080. The van der Waals surface area contributed by atoms with E-state index < -0.39 is 58.5 Å². The summed E-state index contributed by atoms with van der Waals surface area (Å²) in [6, 6.07) is 4.11. The summed E-state index contributed by atoms with van der Waals surface area (Å²) in [7, 11) is 0. The van der Waals surface area contributed by atoms with E-state index in [0.717, 1.165) is 6.92 Å². The van der Waals surface area contributed by atoms with Crippen molar-refractivity contribution in [2.45, 2.75) is 95.7 Å². The maximum Gasteiger partial charge on any atom is 0.392 e. The lowest BCUT2D eigenvalue weighted by molar-refractivity contribution is -0.174. The van der Waals surface area contributed by atoms with Crippen LogP contribution in [0, 0.1) is 11.8 Å². The second-order valence-corrected chi connectivity index (χ2v) is 13.0. The third-order valence-electron chi connectivity index (χ3n) is 6.77. The Labute approximate surface area is 216 Å². The zero-order chi connectivity index (χ0) is 27.8. The summed E-state index contributed by atoms with van der Waals surface area (Å²) in [6.45, 7) is 8.09. The number of benzene rings is 1. The zero-order valence-electron chi connectivity index (χ0n) is 21.6. The van der Waals surface area contributed by atoms with E-state index in [2.05, 4.69) is 20.0 Å². The fraction of sp³-hybridized carbons (Fsp3) is 0.680. The number of carbonyl (C=O) groups excluding carboxylic acids is 1. The van der Waals surface area contributed by atoms with Crippen molar-refractivity contribution >= 4 is 28.3 Å². The number of nitrogens with zero attached hydrogens (tertiary/aromatic N) is 1. The molecule has 3 rings (SSSR count). The zero-order valence-corrected chi connectivity index (χ0v) is 22.5. The van der Waals surface area contributed by atoms with Crippen LogP contribution < -0.4 is 10.0 Å². The Morgan fingerprint density at radius 2 is 1.84 bits per heavy atom. The number of hydrogen-bond acceptors (Lipinski definition) is 4. The van der Waals surface area contributed by atoms with Crippen LogP contribution in [0.4, 0.5) is 22.0 Å². The van der Waals surface area contributed by atoms with Gasteiger partial charge in [-0.3, -0.25) is 4.79 Å². The van der Waals surface area contributed by atoms with Crippen molar-refractivity contribution in [3.63, 3.8) is 0 Å². The number of halogens is 5. The summed E-state index contributed by atoms with van der Waals surface area (Å²) in [5.41, 5.74) is 1.87. The molecular weight excluding hydrogens is 515 g/mol. The monoisotopic (exact) mass is 550 g/mol. The summed E-state index contributed by atoms with van der Waals surface area (Å²) in [4.78, 5) is 20.0. The van der Waals surface area contributed by atoms with Crippen LogP contribution in [0.25, 0.3) is 11.0 Å². The van der Waals surface area contributed by atoms with E-state index in [1.54, 1.807) is 25.1 Å². The number of fused-ring (bicyclic) bond motifs is 1. The SMILES string of the molecule is C[C@@H](NC(=O)C[C@H](C)C(F)(F)F)c1ccc2nc([C@@H](N[S+]([O-])C(C)(C)C)C3CCC(F)(F)CC3)[nH]c2c1. The van der Waals surface area contributed by atoms with Gasteiger partial charge in [0.2, 0.25) is 11.8 Å². The Kier molecular flexibility index (Phi) is 8.85. The number of aromatic amines is 1. The average molecular weight is 551 g/mol. The van der Waals surface area contributed by atoms with Crippen molar-refractivity contribution < 1.29 is 31.3 Å². The largest absolute Gasteiger partial charge is 0.598 e. The van der Waals surface area contributed by atoms with Gasteiger partial charge >= 0.3 is 6.18 Å². The first kappa shape index (κ1) is 29.6. The van der Waals surface area contributed by atoms with Crippen LogP contribution in [0.5, 0.6) is 0 Å². The van der Waals surface area contributed by atoms with Crippen LogP contribution in [-0.2, 0) is 16.2 Å². The lowest BCUT2D eigenvalue weighted by Gasteiger charge is -2.35. The van der Waals surface area contributed by atoms with Crippen LogP contribution in [0.2, 0.25) is 0 Å². The first-order chi connectivity index (χ1) is 17.0. The number of alkyl halides is 5. The minimum atomic E-state index is -4.44. The predicted molar refractivity (Wildman–Crippen MR) is 133 cm³/mol. The highest BCUT2D eigenvalue weighted by Gasteiger charge is 2.42. The maximum absolute atomic E-state index is 13.8. The fourth-order valence-corrected chi connectivity index (χ4v) is 5.19. The molecule has 0 spiro atoms. The van der Waals surface area contributed by atoms with E-state index in [1.165, 1.54) is 0 Å². The number of aromatic nitrogens is 2. The molecule has 1 aromatic carbocycles. The number of H-pyrrole nitrogens is 1. The molecule has 0 saturated heterocycles. The van der Waals surface area contributed by atoms with Crippen LogP contribution >= 0.6 is 0 Å². The van der Waals surface area contributed by atoms with Gasteiger partial charge in [0.25, 0.3) is 0 Å². The predicted octanol–water partition coefficient (Wildman–Crippen LogP) is 6.25. The van der Waals surface area contributed by atoms with E-state index in [9.17, 15) is 31.3 Å². The van der Waals surface area contributed by atoms with Gasteiger partial charge in [-0.15, -0.1) is 4.72 Å². The summed E-state index contributed by atoms with van der Waals surface area (Å²) < 4.78 is 81.4. The van der Waals surface area contributed by atoms with Gasteiger partial charge in [0.1, 0.15) is 16.6 Å². The molecule has 1 fully saturated rings. The van der Waals surface area contributed by atoms with Gasteiger partial charge < -0.3 is 14.9 Å². The molecule has 0 radical (unpaired) electrons. The molecule has 3 N–H and O–H groups in total. The van der Waals surface area contributed by atoms with Crippen molar-refractivity contribution in [2.24, 2.45) is 11.8 Å². The fourth-order valence-electron chi connectivity index (χ4n) is 4.30. The lowest BCUT2D eigenvalue weighted by atomic mass is 9.82. The molecular formula is C25H35F5N4O2S. The number of amides is 1. The molecule has 1 heterocycles. The van der Waals surface area contributed by atoms with Gasteiger partial charge in [0.15, 0.2) is 0 Å². The number of imidazole rings is 1. The molecule has 1 aromatic heterocycles. The Morgan fingerprint density at radius 3 is 2.41 bits per heavy atom. The Balaban J connectivity index is 1.81. The average Bonchev–Trinajstić information content (AvgIpc) is 3.19. The van der Waals surface area contributed by atoms with E-state index in [4.69, 9.17) is 0 Å². The van der Waals surface area contributed by atoms with Crippen molar-refractivity contribution in [3.05, 3.63) is 29.6 Å². The standard InChI is InChI=1S/C25H35F5N4O2S/c1-14(25(28,29)30)12-20(35)31-15(2)17-6-7-18-19(13-17)33-22(32-18)21(34-37(36)23(3,4)5)16-8-10-24(26,27)11-9-16/h6-7,13-16,21,34H,8-12H2,1-5H3,(H,31,35)(H,32,33)/t14-,15+,21-,37?/m0/s1. The number of rotatable bonds is 8. The highest BCUT2D eigenvalue weighted by molar-refractivity contribution is 7.90. The van der Waals surface area contributed by atoms with Crippen LogP contribution in [0.3, 0.4) is 0 Å². The lowest BCUT2D eigenvalue weighted by Crippen LogP contribution is -2.44. The van der Waals surface area contributed by atoms with Gasteiger partial charge in [0, 0.05) is 30.6 Å². The summed E-state index contributed by atoms with van der Waals surface area (Å²) >= 11 is -1.47. The van der Waals surface area contributed by atoms with Crippen molar-refractivity contribution in [1.29, 1.82) is 0 Å². The molecule has 0 aliphatic heterocycles. The molecule has 1 aliphatic carbocycles. The molecule has 1 saturated carbocycles. The third kappa shape index (κ3) is 7.79. The van der Waals surface area contributed by atoms with E-state index in [1.807, 2.05) is 20.8 Å². The molecule has 1 amide bonds. The molecule has 208 valence electrons. The van der Waals surface area contributed by atoms with Crippen LogP contribution in [0.15, 0.2) is 18.2 Å². The first-order valence-corrected chi connectivity index (χ1v) is 13.5. The van der Waals surface area contributed by atoms with Crippen molar-refractivity contribution in [1.82, 2.24) is 20.0 Å². The van der Waals surface area contributed by atoms with Gasteiger partial charge in [-0.25, -0.2) is 13.8 Å². The number of carbonyl (C=O) groups is 1. The highest BCUT2D eigenvalue weighted by Crippen LogP contribution is 2.42. The molecule has 2 aromatic rings. The molecule has 0 bridgehead atoms.